The predicted molar refractivity (Wildman–Crippen MR) is 120 cm³/mol. The zero-order valence-corrected chi connectivity index (χ0v) is 18.1. The van der Waals surface area contributed by atoms with Gasteiger partial charge in [0.2, 0.25) is 0 Å². The third-order valence-electron chi connectivity index (χ3n) is 4.98. The Hall–Kier alpha value is -2.58. The molecule has 1 saturated heterocycles. The van der Waals surface area contributed by atoms with Crippen LogP contribution in [0.3, 0.4) is 0 Å². The molecule has 0 aliphatic carbocycles. The number of nitrogens with zero attached hydrogens (tertiary/aromatic N) is 4. The van der Waals surface area contributed by atoms with Gasteiger partial charge in [-0.15, -0.1) is 0 Å². The highest BCUT2D eigenvalue weighted by molar-refractivity contribution is 5.79. The Morgan fingerprint density at radius 1 is 1.23 bits per heavy atom. The van der Waals surface area contributed by atoms with Crippen molar-refractivity contribution in [2.24, 2.45) is 4.99 Å². The average Bonchev–Trinajstić information content (AvgIpc) is 3.28. The van der Waals surface area contributed by atoms with Gasteiger partial charge in [-0.25, -0.2) is 9.98 Å². The van der Waals surface area contributed by atoms with Crippen molar-refractivity contribution in [3.8, 4) is 0 Å². The number of nitrogens with one attached hydrogen (secondary N) is 2. The quantitative estimate of drug-likeness (QED) is 0.350. The van der Waals surface area contributed by atoms with Crippen LogP contribution in [0.25, 0.3) is 0 Å². The number of pyridine rings is 1. The predicted octanol–water partition coefficient (Wildman–Crippen LogP) is 2.09. The molecule has 0 bridgehead atoms. The Morgan fingerprint density at radius 3 is 2.87 bits per heavy atom. The molecule has 0 spiro atoms. The summed E-state index contributed by atoms with van der Waals surface area (Å²) in [4.78, 5) is 14.0. The van der Waals surface area contributed by atoms with Crippen molar-refractivity contribution in [2.45, 2.75) is 26.5 Å². The Morgan fingerprint density at radius 2 is 2.10 bits per heavy atom. The molecule has 2 aromatic heterocycles. The van der Waals surface area contributed by atoms with Crippen LogP contribution >= 0.6 is 0 Å². The summed E-state index contributed by atoms with van der Waals surface area (Å²) in [5, 5.41) is 6.67. The molecule has 3 rings (SSSR count). The van der Waals surface area contributed by atoms with Crippen molar-refractivity contribution >= 4 is 11.8 Å². The molecular formula is C22H34N6O2. The molecule has 164 valence electrons. The minimum absolute atomic E-state index is 0.513. The molecule has 1 fully saturated rings. The highest BCUT2D eigenvalue weighted by Gasteiger charge is 2.15. The second kappa shape index (κ2) is 12.2. The first-order valence-corrected chi connectivity index (χ1v) is 10.8. The van der Waals surface area contributed by atoms with Crippen molar-refractivity contribution in [3.63, 3.8) is 0 Å². The summed E-state index contributed by atoms with van der Waals surface area (Å²) in [6, 6.07) is 7.98. The lowest BCUT2D eigenvalue weighted by atomic mass is 10.2. The van der Waals surface area contributed by atoms with Crippen LogP contribution in [0.4, 0.5) is 5.82 Å². The summed E-state index contributed by atoms with van der Waals surface area (Å²) in [6.07, 6.45) is 4.44. The molecule has 3 heterocycles. The number of likely N-dealkylation sites (N-methyl/N-ethyl adjacent to an activating group) is 1. The lowest BCUT2D eigenvalue weighted by Gasteiger charge is -2.33. The van der Waals surface area contributed by atoms with Crippen molar-refractivity contribution < 1.29 is 9.15 Å². The van der Waals surface area contributed by atoms with E-state index >= 15 is 0 Å². The van der Waals surface area contributed by atoms with E-state index in [-0.39, 0.29) is 0 Å². The molecule has 0 saturated carbocycles. The van der Waals surface area contributed by atoms with E-state index in [4.69, 9.17) is 14.1 Å². The number of hydrogen-bond donors (Lipinski definition) is 2. The van der Waals surface area contributed by atoms with E-state index in [0.29, 0.717) is 19.8 Å². The number of ether oxygens (including phenoxy) is 1. The fourth-order valence-electron chi connectivity index (χ4n) is 3.23. The first-order chi connectivity index (χ1) is 14.7. The van der Waals surface area contributed by atoms with Crippen LogP contribution in [-0.4, -0.2) is 68.8 Å². The van der Waals surface area contributed by atoms with Gasteiger partial charge in [-0.05, 0) is 50.2 Å². The highest BCUT2D eigenvalue weighted by Crippen LogP contribution is 2.15. The molecule has 1 aliphatic heterocycles. The van der Waals surface area contributed by atoms with Gasteiger partial charge >= 0.3 is 0 Å². The normalized spacial score (nSPS) is 15.4. The molecule has 0 aromatic carbocycles. The van der Waals surface area contributed by atoms with E-state index in [2.05, 4.69) is 45.5 Å². The van der Waals surface area contributed by atoms with Crippen molar-refractivity contribution in [1.82, 2.24) is 20.5 Å². The SMILES string of the molecule is CCNC(=NCc1ccnc(N2CCN(C)CC2)c1)NCCCOCc1ccco1. The molecule has 2 aromatic rings. The minimum atomic E-state index is 0.513. The zero-order valence-electron chi connectivity index (χ0n) is 18.1. The lowest BCUT2D eigenvalue weighted by Crippen LogP contribution is -2.44. The van der Waals surface area contributed by atoms with E-state index < -0.39 is 0 Å². The van der Waals surface area contributed by atoms with E-state index in [1.165, 1.54) is 0 Å². The number of hydrogen-bond acceptors (Lipinski definition) is 6. The van der Waals surface area contributed by atoms with E-state index in [0.717, 1.165) is 68.8 Å². The Bertz CT molecular complexity index is 757. The van der Waals surface area contributed by atoms with Gasteiger partial charge in [-0.2, -0.15) is 0 Å². The Balaban J connectivity index is 1.42. The summed E-state index contributed by atoms with van der Waals surface area (Å²) in [5.41, 5.74) is 1.16. The van der Waals surface area contributed by atoms with E-state index in [9.17, 15) is 0 Å². The van der Waals surface area contributed by atoms with Gasteiger partial charge in [0.1, 0.15) is 18.2 Å². The van der Waals surface area contributed by atoms with Crippen LogP contribution < -0.4 is 15.5 Å². The van der Waals surface area contributed by atoms with Gasteiger partial charge in [0.25, 0.3) is 0 Å². The largest absolute Gasteiger partial charge is 0.467 e. The zero-order chi connectivity index (χ0) is 21.0. The number of rotatable bonds is 10. The number of furan rings is 1. The van der Waals surface area contributed by atoms with Crippen LogP contribution in [0.1, 0.15) is 24.7 Å². The molecular weight excluding hydrogens is 380 g/mol. The Labute approximate surface area is 179 Å². The maximum Gasteiger partial charge on any atom is 0.191 e. The van der Waals surface area contributed by atoms with Crippen molar-refractivity contribution in [2.75, 3.05) is 57.8 Å². The summed E-state index contributed by atoms with van der Waals surface area (Å²) in [5.74, 6) is 2.72. The summed E-state index contributed by atoms with van der Waals surface area (Å²) < 4.78 is 10.9. The van der Waals surface area contributed by atoms with Gasteiger partial charge < -0.3 is 29.6 Å². The fourth-order valence-corrected chi connectivity index (χ4v) is 3.23. The molecule has 8 heteroatoms. The van der Waals surface area contributed by atoms with Gasteiger partial charge in [-0.3, -0.25) is 0 Å². The van der Waals surface area contributed by atoms with Crippen molar-refractivity contribution in [1.29, 1.82) is 0 Å². The van der Waals surface area contributed by atoms with Crippen LogP contribution in [0.15, 0.2) is 46.1 Å². The standard InChI is InChI=1S/C22H34N6O2/c1-3-23-22(25-8-5-14-29-18-20-6-4-15-30-20)26-17-19-7-9-24-21(16-19)28-12-10-27(2)11-13-28/h4,6-7,9,15-16H,3,5,8,10-14,17-18H2,1-2H3,(H2,23,25,26). The third kappa shape index (κ3) is 7.35. The number of piperazine rings is 1. The van der Waals surface area contributed by atoms with Gasteiger partial charge in [-0.1, -0.05) is 0 Å². The number of anilines is 1. The molecule has 2 N–H and O–H groups in total. The first kappa shape index (κ1) is 22.1. The van der Waals surface area contributed by atoms with Crippen LogP contribution in [0.5, 0.6) is 0 Å². The lowest BCUT2D eigenvalue weighted by molar-refractivity contribution is 0.105. The molecule has 0 amide bonds. The summed E-state index contributed by atoms with van der Waals surface area (Å²) in [6.45, 7) is 9.68. The van der Waals surface area contributed by atoms with E-state index in [1.807, 2.05) is 24.4 Å². The van der Waals surface area contributed by atoms with E-state index in [1.54, 1.807) is 6.26 Å². The van der Waals surface area contributed by atoms with Gasteiger partial charge in [0, 0.05) is 52.1 Å². The number of aliphatic imine (C=N–C) groups is 1. The Kier molecular flexibility index (Phi) is 8.99. The number of aromatic nitrogens is 1. The molecule has 0 radical (unpaired) electrons. The fraction of sp³-hybridized carbons (Fsp3) is 0.545. The summed E-state index contributed by atoms with van der Waals surface area (Å²) in [7, 11) is 2.16. The minimum Gasteiger partial charge on any atom is -0.467 e. The molecule has 0 atom stereocenters. The van der Waals surface area contributed by atoms with Gasteiger partial charge in [0.05, 0.1) is 12.8 Å². The number of guanidine groups is 1. The maximum atomic E-state index is 5.62. The molecule has 1 aliphatic rings. The monoisotopic (exact) mass is 414 g/mol. The maximum absolute atomic E-state index is 5.62. The third-order valence-corrected chi connectivity index (χ3v) is 4.98. The second-order valence-electron chi connectivity index (χ2n) is 7.42. The molecule has 8 nitrogen and oxygen atoms in total. The van der Waals surface area contributed by atoms with Crippen LogP contribution in [0, 0.1) is 0 Å². The van der Waals surface area contributed by atoms with Crippen molar-refractivity contribution in [3.05, 3.63) is 48.0 Å². The topological polar surface area (TPSA) is 78.2 Å². The highest BCUT2D eigenvalue weighted by atomic mass is 16.5. The first-order valence-electron chi connectivity index (χ1n) is 10.8. The average molecular weight is 415 g/mol. The summed E-state index contributed by atoms with van der Waals surface area (Å²) >= 11 is 0. The van der Waals surface area contributed by atoms with Crippen LogP contribution in [-0.2, 0) is 17.9 Å². The molecule has 30 heavy (non-hydrogen) atoms. The smallest absolute Gasteiger partial charge is 0.191 e. The van der Waals surface area contributed by atoms with Crippen LogP contribution in [0.2, 0.25) is 0 Å². The molecule has 0 unspecified atom stereocenters. The second-order valence-corrected chi connectivity index (χ2v) is 7.42. The van der Waals surface area contributed by atoms with Gasteiger partial charge in [0.15, 0.2) is 5.96 Å².